The third-order valence-corrected chi connectivity index (χ3v) is 3.99. The van der Waals surface area contributed by atoms with Gasteiger partial charge in [0.15, 0.2) is 0 Å². The number of nitro benzene ring substituents is 1. The summed E-state index contributed by atoms with van der Waals surface area (Å²) in [7, 11) is 0. The van der Waals surface area contributed by atoms with Gasteiger partial charge in [-0.15, -0.1) is 0 Å². The minimum atomic E-state index is -0.641. The number of hydrogen-bond donors (Lipinski definition) is 1. The third-order valence-electron chi connectivity index (χ3n) is 3.67. The normalized spacial score (nSPS) is 10.4. The number of benzene rings is 2. The number of aromatic nitrogens is 2. The maximum Gasteiger partial charge on any atom is 0.322 e. The van der Waals surface area contributed by atoms with Crippen molar-refractivity contribution in [3.63, 3.8) is 0 Å². The number of aryl methyl sites for hydroxylation is 2. The summed E-state index contributed by atoms with van der Waals surface area (Å²) in [5, 5.41) is 13.6. The van der Waals surface area contributed by atoms with Crippen LogP contribution >= 0.6 is 11.6 Å². The molecule has 0 aliphatic heterocycles. The molecule has 0 aliphatic rings. The number of hydrogen-bond acceptors (Lipinski definition) is 6. The molecule has 1 amide bonds. The lowest BCUT2D eigenvalue weighted by Crippen LogP contribution is -2.12. The molecule has 1 heterocycles. The van der Waals surface area contributed by atoms with Gasteiger partial charge in [0, 0.05) is 34.8 Å². The lowest BCUT2D eigenvalue weighted by molar-refractivity contribution is -0.384. The number of nitrogens with one attached hydrogen (secondary N) is 1. The Hall–Kier alpha value is -3.52. The van der Waals surface area contributed by atoms with Gasteiger partial charge in [-0.2, -0.15) is 0 Å². The number of amides is 1. The van der Waals surface area contributed by atoms with Gasteiger partial charge in [-0.3, -0.25) is 14.9 Å². The molecule has 142 valence electrons. The van der Waals surface area contributed by atoms with Crippen molar-refractivity contribution in [3.8, 4) is 11.8 Å². The zero-order valence-electron chi connectivity index (χ0n) is 15.0. The zero-order chi connectivity index (χ0) is 20.3. The number of halogens is 1. The number of ether oxygens (including phenoxy) is 1. The first-order chi connectivity index (χ1) is 13.3. The van der Waals surface area contributed by atoms with Crippen LogP contribution in [0.25, 0.3) is 0 Å². The van der Waals surface area contributed by atoms with Crippen molar-refractivity contribution in [2.75, 3.05) is 5.32 Å². The molecule has 0 aliphatic carbocycles. The second-order valence-electron chi connectivity index (χ2n) is 5.94. The molecule has 0 saturated heterocycles. The van der Waals surface area contributed by atoms with Gasteiger partial charge in [-0.25, -0.2) is 9.97 Å². The summed E-state index contributed by atoms with van der Waals surface area (Å²) < 4.78 is 5.65. The van der Waals surface area contributed by atoms with Crippen LogP contribution in [0.5, 0.6) is 11.8 Å². The van der Waals surface area contributed by atoms with E-state index in [9.17, 15) is 14.9 Å². The smallest absolute Gasteiger partial charge is 0.322 e. The van der Waals surface area contributed by atoms with Crippen molar-refractivity contribution in [2.45, 2.75) is 13.8 Å². The van der Waals surface area contributed by atoms with Crippen molar-refractivity contribution < 1.29 is 14.5 Å². The van der Waals surface area contributed by atoms with Crippen molar-refractivity contribution in [1.82, 2.24) is 9.97 Å². The Bertz CT molecular complexity index is 1050. The van der Waals surface area contributed by atoms with Gasteiger partial charge < -0.3 is 10.1 Å². The van der Waals surface area contributed by atoms with Crippen LogP contribution in [0.3, 0.4) is 0 Å². The Kier molecular flexibility index (Phi) is 5.51. The van der Waals surface area contributed by atoms with Gasteiger partial charge in [-0.05, 0) is 44.2 Å². The van der Waals surface area contributed by atoms with Gasteiger partial charge in [0.05, 0.1) is 4.92 Å². The first-order valence-corrected chi connectivity index (χ1v) is 8.55. The van der Waals surface area contributed by atoms with Crippen LogP contribution in [0.15, 0.2) is 48.5 Å². The van der Waals surface area contributed by atoms with Crippen molar-refractivity contribution in [2.24, 2.45) is 0 Å². The van der Waals surface area contributed by atoms with E-state index in [0.717, 1.165) is 17.5 Å². The molecule has 0 unspecified atom stereocenters. The number of rotatable bonds is 5. The fourth-order valence-electron chi connectivity index (χ4n) is 2.48. The van der Waals surface area contributed by atoms with Crippen molar-refractivity contribution >= 4 is 28.9 Å². The van der Waals surface area contributed by atoms with Gasteiger partial charge in [0.25, 0.3) is 11.6 Å². The van der Waals surface area contributed by atoms with E-state index >= 15 is 0 Å². The third kappa shape index (κ3) is 4.60. The molecule has 0 fully saturated rings. The maximum absolute atomic E-state index is 12.4. The molecule has 1 N–H and O–H groups in total. The fourth-order valence-corrected chi connectivity index (χ4v) is 2.67. The number of anilines is 1. The monoisotopic (exact) mass is 398 g/mol. The largest absolute Gasteiger partial charge is 0.424 e. The predicted molar refractivity (Wildman–Crippen MR) is 104 cm³/mol. The number of nitrogens with zero attached hydrogens (tertiary/aromatic N) is 3. The Morgan fingerprint density at radius 2 is 1.82 bits per heavy atom. The topological polar surface area (TPSA) is 107 Å². The minimum Gasteiger partial charge on any atom is -0.424 e. The average molecular weight is 399 g/mol. The van der Waals surface area contributed by atoms with Gasteiger partial charge in [-0.1, -0.05) is 17.7 Å². The average Bonchev–Trinajstić information content (AvgIpc) is 2.61. The van der Waals surface area contributed by atoms with Gasteiger partial charge >= 0.3 is 6.01 Å². The van der Waals surface area contributed by atoms with E-state index in [2.05, 4.69) is 15.3 Å². The standard InChI is InChI=1S/C19H15ClN4O4/c1-11-8-12(2)22-19(21-11)28-15-5-3-4-14(10-15)23-18(25)13-6-7-16(20)17(9-13)24(26)27/h3-10H,1-2H3,(H,23,25). The molecular weight excluding hydrogens is 384 g/mol. The van der Waals surface area contributed by atoms with E-state index in [1.807, 2.05) is 19.9 Å². The molecule has 1 aromatic heterocycles. The highest BCUT2D eigenvalue weighted by molar-refractivity contribution is 6.32. The summed E-state index contributed by atoms with van der Waals surface area (Å²) in [6.45, 7) is 3.67. The van der Waals surface area contributed by atoms with Crippen LogP contribution in [0.1, 0.15) is 21.7 Å². The van der Waals surface area contributed by atoms with E-state index in [-0.39, 0.29) is 22.3 Å². The summed E-state index contributed by atoms with van der Waals surface area (Å²) >= 11 is 5.77. The first kappa shape index (κ1) is 19.2. The number of carbonyl (C=O) groups is 1. The van der Waals surface area contributed by atoms with Crippen molar-refractivity contribution in [3.05, 3.63) is 80.6 Å². The Labute approximate surface area is 165 Å². The molecule has 0 bridgehead atoms. The molecule has 9 heteroatoms. The summed E-state index contributed by atoms with van der Waals surface area (Å²) in [4.78, 5) is 31.2. The molecule has 8 nitrogen and oxygen atoms in total. The summed E-state index contributed by atoms with van der Waals surface area (Å²) in [6.07, 6.45) is 0. The van der Waals surface area contributed by atoms with E-state index in [0.29, 0.717) is 11.4 Å². The molecular formula is C19H15ClN4O4. The van der Waals surface area contributed by atoms with Crippen LogP contribution in [0.2, 0.25) is 5.02 Å². The molecule has 28 heavy (non-hydrogen) atoms. The van der Waals surface area contributed by atoms with Crippen LogP contribution in [-0.2, 0) is 0 Å². The lowest BCUT2D eigenvalue weighted by atomic mass is 10.2. The quantitative estimate of drug-likeness (QED) is 0.493. The molecule has 2 aromatic carbocycles. The highest BCUT2D eigenvalue weighted by Crippen LogP contribution is 2.26. The summed E-state index contributed by atoms with van der Waals surface area (Å²) in [6, 6.07) is 12.5. The SMILES string of the molecule is Cc1cc(C)nc(Oc2cccc(NC(=O)c3ccc(Cl)c([N+](=O)[O-])c3)c2)n1. The van der Waals surface area contributed by atoms with E-state index in [4.69, 9.17) is 16.3 Å². The maximum atomic E-state index is 12.4. The highest BCUT2D eigenvalue weighted by Gasteiger charge is 2.16. The van der Waals surface area contributed by atoms with Crippen LogP contribution < -0.4 is 10.1 Å². The highest BCUT2D eigenvalue weighted by atomic mass is 35.5. The fraction of sp³-hybridized carbons (Fsp3) is 0.105. The van der Waals surface area contributed by atoms with Crippen molar-refractivity contribution in [1.29, 1.82) is 0 Å². The Balaban J connectivity index is 1.78. The van der Waals surface area contributed by atoms with Crippen LogP contribution in [0, 0.1) is 24.0 Å². The second-order valence-corrected chi connectivity index (χ2v) is 6.35. The number of nitro groups is 1. The van der Waals surface area contributed by atoms with E-state index < -0.39 is 10.8 Å². The van der Waals surface area contributed by atoms with Gasteiger partial charge in [0.1, 0.15) is 10.8 Å². The lowest BCUT2D eigenvalue weighted by Gasteiger charge is -2.09. The summed E-state index contributed by atoms with van der Waals surface area (Å²) in [5.74, 6) is -0.0792. The summed E-state index contributed by atoms with van der Waals surface area (Å²) in [5.41, 5.74) is 1.77. The molecule has 0 atom stereocenters. The van der Waals surface area contributed by atoms with Crippen LogP contribution in [0.4, 0.5) is 11.4 Å². The molecule has 3 rings (SSSR count). The zero-order valence-corrected chi connectivity index (χ0v) is 15.7. The second kappa shape index (κ2) is 8.01. The molecule has 0 spiro atoms. The van der Waals surface area contributed by atoms with Crippen LogP contribution in [-0.4, -0.2) is 20.8 Å². The molecule has 0 saturated carbocycles. The number of carbonyl (C=O) groups excluding carboxylic acids is 1. The van der Waals surface area contributed by atoms with E-state index in [1.54, 1.807) is 24.3 Å². The Morgan fingerprint density at radius 3 is 2.50 bits per heavy atom. The molecule has 0 radical (unpaired) electrons. The first-order valence-electron chi connectivity index (χ1n) is 8.17. The Morgan fingerprint density at radius 1 is 1.11 bits per heavy atom. The minimum absolute atomic E-state index is 0.0367. The predicted octanol–water partition coefficient (Wildman–Crippen LogP) is 4.70. The van der Waals surface area contributed by atoms with E-state index in [1.165, 1.54) is 12.1 Å². The molecule has 3 aromatic rings. The van der Waals surface area contributed by atoms with Gasteiger partial charge in [0.2, 0.25) is 0 Å².